The number of aromatic amines is 1. The van der Waals surface area contributed by atoms with E-state index in [0.717, 1.165) is 23.2 Å². The van der Waals surface area contributed by atoms with Gasteiger partial charge in [0.05, 0.1) is 17.6 Å². The molecule has 0 aliphatic carbocycles. The number of aromatic nitrogens is 4. The summed E-state index contributed by atoms with van der Waals surface area (Å²) < 4.78 is 1.67. The van der Waals surface area contributed by atoms with Gasteiger partial charge in [0.2, 0.25) is 5.91 Å². The maximum absolute atomic E-state index is 12.3. The molecule has 3 aromatic rings. The molecule has 0 radical (unpaired) electrons. The van der Waals surface area contributed by atoms with E-state index in [1.54, 1.807) is 4.68 Å². The van der Waals surface area contributed by atoms with Crippen molar-refractivity contribution in [3.63, 3.8) is 0 Å². The first kappa shape index (κ1) is 18.2. The Morgan fingerprint density at radius 3 is 2.92 bits per heavy atom. The van der Waals surface area contributed by atoms with Crippen molar-refractivity contribution in [1.82, 2.24) is 25.1 Å². The monoisotopic (exact) mass is 371 g/mol. The number of amides is 1. The normalized spacial score (nSPS) is 11.0. The molecule has 0 spiro atoms. The fourth-order valence-corrected chi connectivity index (χ4v) is 3.24. The molecule has 0 bridgehead atoms. The van der Waals surface area contributed by atoms with E-state index in [-0.39, 0.29) is 17.2 Å². The third-order valence-corrected chi connectivity index (χ3v) is 5.01. The van der Waals surface area contributed by atoms with Crippen molar-refractivity contribution in [2.75, 3.05) is 12.3 Å². The topological polar surface area (TPSA) is 92.7 Å². The van der Waals surface area contributed by atoms with E-state index in [4.69, 9.17) is 0 Å². The van der Waals surface area contributed by atoms with Crippen LogP contribution in [0.15, 0.2) is 34.3 Å². The van der Waals surface area contributed by atoms with Crippen LogP contribution in [0.5, 0.6) is 0 Å². The van der Waals surface area contributed by atoms with Gasteiger partial charge in [0, 0.05) is 6.54 Å². The molecule has 0 saturated carbocycles. The minimum Gasteiger partial charge on any atom is -0.355 e. The maximum atomic E-state index is 12.3. The number of aryl methyl sites for hydroxylation is 1. The predicted molar refractivity (Wildman–Crippen MR) is 103 cm³/mol. The summed E-state index contributed by atoms with van der Waals surface area (Å²) >= 11 is 1.20. The minimum atomic E-state index is -0.261. The number of nitrogens with one attached hydrogen (secondary N) is 2. The average Bonchev–Trinajstić information content (AvgIpc) is 3.05. The first-order chi connectivity index (χ1) is 12.5. The lowest BCUT2D eigenvalue weighted by Gasteiger charge is -2.09. The number of benzene rings is 1. The van der Waals surface area contributed by atoms with Gasteiger partial charge < -0.3 is 10.3 Å². The number of rotatable bonds is 6. The van der Waals surface area contributed by atoms with E-state index in [9.17, 15) is 9.59 Å². The molecular weight excluding hydrogens is 350 g/mol. The van der Waals surface area contributed by atoms with Gasteiger partial charge in [-0.05, 0) is 37.5 Å². The van der Waals surface area contributed by atoms with Crippen molar-refractivity contribution in [2.45, 2.75) is 32.3 Å². The van der Waals surface area contributed by atoms with Gasteiger partial charge in [-0.3, -0.25) is 9.59 Å². The molecule has 2 aromatic heterocycles. The van der Waals surface area contributed by atoms with Gasteiger partial charge in [0.25, 0.3) is 5.56 Å². The van der Waals surface area contributed by atoms with Gasteiger partial charge in [-0.15, -0.1) is 0 Å². The molecule has 7 nitrogen and oxygen atoms in total. The zero-order valence-electron chi connectivity index (χ0n) is 15.0. The van der Waals surface area contributed by atoms with E-state index in [1.807, 2.05) is 39.0 Å². The Kier molecular flexibility index (Phi) is 5.41. The van der Waals surface area contributed by atoms with E-state index in [1.165, 1.54) is 18.0 Å². The number of carbonyl (C=O) groups excluding carboxylic acids is 1. The maximum Gasteiger partial charge on any atom is 0.262 e. The van der Waals surface area contributed by atoms with Crippen LogP contribution < -0.4 is 10.9 Å². The summed E-state index contributed by atoms with van der Waals surface area (Å²) in [6.07, 6.45) is 2.40. The highest BCUT2D eigenvalue weighted by Gasteiger charge is 2.14. The lowest BCUT2D eigenvalue weighted by molar-refractivity contribution is -0.118. The van der Waals surface area contributed by atoms with Crippen LogP contribution in [0.1, 0.15) is 24.5 Å². The highest BCUT2D eigenvalue weighted by atomic mass is 32.2. The Morgan fingerprint density at radius 1 is 1.35 bits per heavy atom. The molecule has 8 heteroatoms. The Hall–Kier alpha value is -2.61. The van der Waals surface area contributed by atoms with Crippen LogP contribution in [0.4, 0.5) is 0 Å². The third kappa shape index (κ3) is 3.65. The van der Waals surface area contributed by atoms with E-state index < -0.39 is 0 Å². The fraction of sp³-hybridized carbons (Fsp3) is 0.333. The Labute approximate surface area is 155 Å². The van der Waals surface area contributed by atoms with Crippen LogP contribution in [-0.4, -0.2) is 38.0 Å². The number of thioether (sulfide) groups is 1. The van der Waals surface area contributed by atoms with Crippen molar-refractivity contribution in [3.8, 4) is 5.69 Å². The Bertz CT molecular complexity index is 1010. The molecule has 1 amide bonds. The summed E-state index contributed by atoms with van der Waals surface area (Å²) in [5, 5.41) is 7.98. The zero-order valence-corrected chi connectivity index (χ0v) is 15.8. The van der Waals surface area contributed by atoms with Gasteiger partial charge in [-0.25, -0.2) is 9.67 Å². The number of fused-ring (bicyclic) bond motifs is 1. The van der Waals surface area contributed by atoms with Crippen molar-refractivity contribution < 1.29 is 4.79 Å². The second-order valence-electron chi connectivity index (χ2n) is 6.02. The lowest BCUT2D eigenvalue weighted by atomic mass is 10.1. The van der Waals surface area contributed by atoms with Crippen LogP contribution in [-0.2, 0) is 4.79 Å². The first-order valence-corrected chi connectivity index (χ1v) is 9.44. The van der Waals surface area contributed by atoms with E-state index in [0.29, 0.717) is 22.7 Å². The molecule has 0 aliphatic rings. The molecule has 0 unspecified atom stereocenters. The first-order valence-electron chi connectivity index (χ1n) is 8.45. The van der Waals surface area contributed by atoms with Crippen LogP contribution in [0.25, 0.3) is 16.7 Å². The number of carbonyl (C=O) groups is 1. The third-order valence-electron chi connectivity index (χ3n) is 4.13. The predicted octanol–water partition coefficient (Wildman–Crippen LogP) is 2.34. The molecule has 2 heterocycles. The molecule has 3 rings (SSSR count). The van der Waals surface area contributed by atoms with Crippen molar-refractivity contribution in [3.05, 3.63) is 45.9 Å². The Balaban J connectivity index is 1.95. The summed E-state index contributed by atoms with van der Waals surface area (Å²) in [7, 11) is 0. The molecule has 2 N–H and O–H groups in total. The van der Waals surface area contributed by atoms with Gasteiger partial charge in [-0.1, -0.05) is 30.8 Å². The molecule has 0 atom stereocenters. The summed E-state index contributed by atoms with van der Waals surface area (Å²) in [5.74, 6) is 0.120. The number of nitrogens with zero attached hydrogens (tertiary/aromatic N) is 3. The zero-order chi connectivity index (χ0) is 18.7. The van der Waals surface area contributed by atoms with Crippen LogP contribution in [0, 0.1) is 13.8 Å². The largest absolute Gasteiger partial charge is 0.355 e. The summed E-state index contributed by atoms with van der Waals surface area (Å²) in [6.45, 7) is 6.68. The summed E-state index contributed by atoms with van der Waals surface area (Å²) in [5.41, 5.74) is 3.32. The molecule has 0 fully saturated rings. The minimum absolute atomic E-state index is 0.0809. The van der Waals surface area contributed by atoms with Crippen molar-refractivity contribution in [2.24, 2.45) is 0 Å². The second-order valence-corrected chi connectivity index (χ2v) is 6.99. The van der Waals surface area contributed by atoms with Crippen LogP contribution in [0.2, 0.25) is 0 Å². The number of hydrogen-bond acceptors (Lipinski definition) is 5. The van der Waals surface area contributed by atoms with Gasteiger partial charge in [-0.2, -0.15) is 5.10 Å². The molecule has 1 aromatic carbocycles. The smallest absolute Gasteiger partial charge is 0.262 e. The molecule has 0 aliphatic heterocycles. The average molecular weight is 371 g/mol. The van der Waals surface area contributed by atoms with Crippen molar-refractivity contribution >= 4 is 28.7 Å². The number of H-pyrrole nitrogens is 1. The fourth-order valence-electron chi connectivity index (χ4n) is 2.56. The second kappa shape index (κ2) is 7.74. The lowest BCUT2D eigenvalue weighted by Crippen LogP contribution is -2.25. The van der Waals surface area contributed by atoms with Crippen LogP contribution in [0.3, 0.4) is 0 Å². The quantitative estimate of drug-likeness (QED) is 0.512. The molecule has 26 heavy (non-hydrogen) atoms. The van der Waals surface area contributed by atoms with E-state index >= 15 is 0 Å². The van der Waals surface area contributed by atoms with Gasteiger partial charge in [0.15, 0.2) is 10.8 Å². The van der Waals surface area contributed by atoms with Gasteiger partial charge in [0.1, 0.15) is 5.39 Å². The summed E-state index contributed by atoms with van der Waals surface area (Å²) in [6, 6.07) is 5.93. The summed E-state index contributed by atoms with van der Waals surface area (Å²) in [4.78, 5) is 31.4. The van der Waals surface area contributed by atoms with Gasteiger partial charge >= 0.3 is 0 Å². The highest BCUT2D eigenvalue weighted by molar-refractivity contribution is 7.99. The standard InChI is InChI=1S/C18H21N5O2S/c1-4-8-19-15(24)10-26-18-21-16-13(17(25)22-18)9-20-23(16)14-7-5-6-11(2)12(14)3/h5-7,9H,4,8,10H2,1-3H3,(H,19,24)(H,21,22,25). The Morgan fingerprint density at radius 2 is 2.15 bits per heavy atom. The SMILES string of the molecule is CCCNC(=O)CSc1nc2c(cnn2-c2cccc(C)c2C)c(=O)[nH]1. The highest BCUT2D eigenvalue weighted by Crippen LogP contribution is 2.21. The van der Waals surface area contributed by atoms with Crippen LogP contribution >= 0.6 is 11.8 Å². The van der Waals surface area contributed by atoms with E-state index in [2.05, 4.69) is 20.4 Å². The molecular formula is C18H21N5O2S. The number of hydrogen-bond donors (Lipinski definition) is 2. The molecule has 136 valence electrons. The van der Waals surface area contributed by atoms with Crippen molar-refractivity contribution in [1.29, 1.82) is 0 Å². The molecule has 0 saturated heterocycles.